The van der Waals surface area contributed by atoms with Crippen molar-refractivity contribution in [3.8, 4) is 17.0 Å². The predicted molar refractivity (Wildman–Crippen MR) is 141 cm³/mol. The molecule has 1 saturated carbocycles. The summed E-state index contributed by atoms with van der Waals surface area (Å²) in [5.74, 6) is 1.18. The minimum Gasteiger partial charge on any atom is -0.496 e. The monoisotopic (exact) mass is 510 g/mol. The van der Waals surface area contributed by atoms with Gasteiger partial charge in [0.1, 0.15) is 29.4 Å². The second kappa shape index (κ2) is 9.25. The molecule has 11 heteroatoms. The smallest absolute Gasteiger partial charge is 0.256 e. The van der Waals surface area contributed by atoms with Crippen molar-refractivity contribution in [1.29, 1.82) is 0 Å². The van der Waals surface area contributed by atoms with Crippen LogP contribution in [0.1, 0.15) is 29.2 Å². The number of aromatic nitrogens is 5. The van der Waals surface area contributed by atoms with Crippen LogP contribution in [-0.4, -0.2) is 61.1 Å². The summed E-state index contributed by atoms with van der Waals surface area (Å²) in [5.41, 5.74) is 8.53. The van der Waals surface area contributed by atoms with E-state index >= 15 is 0 Å². The number of nitrogens with zero attached hydrogens (tertiary/aromatic N) is 6. The number of anilines is 2. The molecule has 3 atom stereocenters. The second-order valence-electron chi connectivity index (χ2n) is 9.50. The molecule has 38 heavy (non-hydrogen) atoms. The molecule has 0 radical (unpaired) electrons. The number of fused-ring (bicyclic) bond motifs is 3. The van der Waals surface area contributed by atoms with Crippen molar-refractivity contribution in [2.45, 2.75) is 24.9 Å². The maximum atomic E-state index is 12.9. The summed E-state index contributed by atoms with van der Waals surface area (Å²) in [5, 5.41) is 8.35. The molecule has 1 saturated heterocycles. The summed E-state index contributed by atoms with van der Waals surface area (Å²) >= 11 is 0. The highest BCUT2D eigenvalue weighted by Gasteiger charge is 2.48. The summed E-state index contributed by atoms with van der Waals surface area (Å²) in [6.07, 6.45) is 6.18. The van der Waals surface area contributed by atoms with Gasteiger partial charge in [0, 0.05) is 23.9 Å². The van der Waals surface area contributed by atoms with Crippen LogP contribution < -0.4 is 15.8 Å². The molecule has 4 aromatic rings. The highest BCUT2D eigenvalue weighted by Crippen LogP contribution is 2.46. The van der Waals surface area contributed by atoms with Gasteiger partial charge in [-0.05, 0) is 55.2 Å². The van der Waals surface area contributed by atoms with E-state index in [9.17, 15) is 9.59 Å². The van der Waals surface area contributed by atoms with Crippen LogP contribution in [0.5, 0.6) is 5.75 Å². The minimum atomic E-state index is -0.319. The van der Waals surface area contributed by atoms with Gasteiger partial charge < -0.3 is 20.7 Å². The Morgan fingerprint density at radius 2 is 2.00 bits per heavy atom. The lowest BCUT2D eigenvalue weighted by Crippen LogP contribution is -2.42. The van der Waals surface area contributed by atoms with Gasteiger partial charge in [-0.25, -0.2) is 19.6 Å². The van der Waals surface area contributed by atoms with Crippen molar-refractivity contribution in [3.05, 3.63) is 67.1 Å². The Morgan fingerprint density at radius 3 is 2.74 bits per heavy atom. The molecule has 3 aromatic heterocycles. The van der Waals surface area contributed by atoms with Crippen LogP contribution in [0, 0.1) is 5.92 Å². The molecule has 11 nitrogen and oxygen atoms in total. The Morgan fingerprint density at radius 1 is 1.16 bits per heavy atom. The van der Waals surface area contributed by atoms with Crippen molar-refractivity contribution in [1.82, 2.24) is 29.6 Å². The number of carbonyl (C=O) groups excluding carboxylic acids is 2. The Labute approximate surface area is 218 Å². The quantitative estimate of drug-likeness (QED) is 0.377. The summed E-state index contributed by atoms with van der Waals surface area (Å²) in [6.45, 7) is 4.38. The zero-order valence-corrected chi connectivity index (χ0v) is 20.7. The molecule has 2 aliphatic rings. The Bertz CT molecular complexity index is 1570. The molecular formula is C27H26N8O3. The van der Waals surface area contributed by atoms with E-state index < -0.39 is 0 Å². The highest BCUT2D eigenvalue weighted by atomic mass is 16.5. The Balaban J connectivity index is 1.41. The van der Waals surface area contributed by atoms with E-state index in [0.717, 1.165) is 19.4 Å². The average Bonchev–Trinajstić information content (AvgIpc) is 3.66. The van der Waals surface area contributed by atoms with Gasteiger partial charge in [-0.1, -0.05) is 12.6 Å². The van der Waals surface area contributed by atoms with E-state index in [4.69, 9.17) is 15.6 Å². The number of nitrogens with two attached hydrogens (primary N) is 1. The van der Waals surface area contributed by atoms with E-state index in [1.54, 1.807) is 42.6 Å². The number of ether oxygens (including phenoxy) is 1. The molecule has 192 valence electrons. The van der Waals surface area contributed by atoms with Gasteiger partial charge in [-0.2, -0.15) is 5.10 Å². The van der Waals surface area contributed by atoms with Crippen molar-refractivity contribution >= 4 is 34.5 Å². The molecule has 2 fully saturated rings. The summed E-state index contributed by atoms with van der Waals surface area (Å²) in [6, 6.07) is 10.4. The lowest BCUT2D eigenvalue weighted by molar-refractivity contribution is -0.128. The first-order valence-electron chi connectivity index (χ1n) is 12.3. The van der Waals surface area contributed by atoms with E-state index in [0.29, 0.717) is 45.3 Å². The van der Waals surface area contributed by atoms with E-state index in [1.165, 1.54) is 19.5 Å². The molecule has 0 spiro atoms. The van der Waals surface area contributed by atoms with Gasteiger partial charge >= 0.3 is 0 Å². The lowest BCUT2D eigenvalue weighted by atomic mass is 10.0. The molecule has 1 aliphatic heterocycles. The molecule has 2 bridgehead atoms. The number of methoxy groups -OCH3 is 1. The number of amides is 2. The Hall–Kier alpha value is -4.80. The van der Waals surface area contributed by atoms with Crippen molar-refractivity contribution in [2.75, 3.05) is 24.7 Å². The number of carbonyl (C=O) groups is 2. The van der Waals surface area contributed by atoms with Crippen molar-refractivity contribution in [2.24, 2.45) is 5.92 Å². The van der Waals surface area contributed by atoms with Gasteiger partial charge in [0.15, 0.2) is 5.65 Å². The highest BCUT2D eigenvalue weighted by molar-refractivity contribution is 6.05. The summed E-state index contributed by atoms with van der Waals surface area (Å²) in [7, 11) is 1.53. The summed E-state index contributed by atoms with van der Waals surface area (Å²) in [4.78, 5) is 40.1. The van der Waals surface area contributed by atoms with Crippen LogP contribution in [0.3, 0.4) is 0 Å². The first kappa shape index (κ1) is 23.6. The van der Waals surface area contributed by atoms with E-state index in [1.807, 2.05) is 9.58 Å². The third-order valence-corrected chi connectivity index (χ3v) is 7.36. The number of piperidine rings is 1. The van der Waals surface area contributed by atoms with Crippen LogP contribution >= 0.6 is 0 Å². The van der Waals surface area contributed by atoms with Gasteiger partial charge in [0.2, 0.25) is 5.91 Å². The average molecular weight is 511 g/mol. The third kappa shape index (κ3) is 3.83. The largest absolute Gasteiger partial charge is 0.496 e. The molecular weight excluding hydrogens is 484 g/mol. The normalized spacial score (nSPS) is 20.0. The number of hydrogen-bond donors (Lipinski definition) is 2. The van der Waals surface area contributed by atoms with Crippen molar-refractivity contribution in [3.63, 3.8) is 0 Å². The van der Waals surface area contributed by atoms with Gasteiger partial charge in [-0.3, -0.25) is 9.59 Å². The third-order valence-electron chi connectivity index (χ3n) is 7.36. The Kier molecular flexibility index (Phi) is 5.74. The van der Waals surface area contributed by atoms with Gasteiger partial charge in [0.25, 0.3) is 5.91 Å². The fourth-order valence-corrected chi connectivity index (χ4v) is 5.69. The fraction of sp³-hybridized carbons (Fsp3) is 0.259. The number of hydrogen-bond acceptors (Lipinski definition) is 8. The molecule has 2 amide bonds. The number of nitrogens with one attached hydrogen (secondary N) is 1. The number of likely N-dealkylation sites (tertiary alicyclic amines) is 1. The molecule has 1 aliphatic carbocycles. The van der Waals surface area contributed by atoms with Crippen LogP contribution in [0.25, 0.3) is 22.3 Å². The van der Waals surface area contributed by atoms with E-state index in [2.05, 4.69) is 26.8 Å². The standard InChI is InChI=1S/C27H26N8O3/c1-3-22(36)34-13-15-10-18(34)19(11-15)35-26-23(25(28)30-14-31-26)24(33-35)17-8-7-16(12-20(17)38-2)27(37)32-21-6-4-5-9-29-21/h3-9,12,14-15,18-19H,1,10-11,13H2,2H3,(H2,28,30,31)(H,29,32,37)/t15-,18+,19?/m1/s1. The molecule has 1 aromatic carbocycles. The van der Waals surface area contributed by atoms with E-state index in [-0.39, 0.29) is 29.7 Å². The first-order chi connectivity index (χ1) is 18.5. The van der Waals surface area contributed by atoms with Crippen LogP contribution in [0.2, 0.25) is 0 Å². The number of nitrogen functional groups attached to an aromatic ring is 1. The minimum absolute atomic E-state index is 0.00259. The molecule has 6 rings (SSSR count). The first-order valence-corrected chi connectivity index (χ1v) is 12.3. The number of pyridine rings is 1. The summed E-state index contributed by atoms with van der Waals surface area (Å²) < 4.78 is 7.56. The van der Waals surface area contributed by atoms with Crippen LogP contribution in [-0.2, 0) is 4.79 Å². The van der Waals surface area contributed by atoms with Gasteiger partial charge in [-0.15, -0.1) is 0 Å². The molecule has 4 heterocycles. The zero-order valence-electron chi connectivity index (χ0n) is 20.7. The second-order valence-corrected chi connectivity index (χ2v) is 9.50. The zero-order chi connectivity index (χ0) is 26.4. The predicted octanol–water partition coefficient (Wildman–Crippen LogP) is 3.08. The topological polar surface area (TPSA) is 141 Å². The lowest BCUT2D eigenvalue weighted by Gasteiger charge is -2.32. The SMILES string of the molecule is C=CC(=O)N1C[C@H]2CC(n3nc(-c4ccc(C(=O)Nc5ccccn5)cc4OC)c4c(N)ncnc43)[C@@H]1C2. The number of benzene rings is 1. The van der Waals surface area contributed by atoms with Gasteiger partial charge in [0.05, 0.1) is 24.6 Å². The fourth-order valence-electron chi connectivity index (χ4n) is 5.69. The molecule has 3 N–H and O–H groups in total. The molecule has 1 unspecified atom stereocenters. The number of rotatable bonds is 6. The van der Waals surface area contributed by atoms with Crippen LogP contribution in [0.4, 0.5) is 11.6 Å². The van der Waals surface area contributed by atoms with Crippen LogP contribution in [0.15, 0.2) is 61.6 Å². The van der Waals surface area contributed by atoms with Crippen molar-refractivity contribution < 1.29 is 14.3 Å². The maximum absolute atomic E-state index is 12.9. The maximum Gasteiger partial charge on any atom is 0.256 e.